The Morgan fingerprint density at radius 1 is 0.790 bits per heavy atom. The van der Waals surface area contributed by atoms with Crippen LogP contribution >= 0.6 is 0 Å². The Bertz CT molecular complexity index is 2750. The third-order valence-corrected chi connectivity index (χ3v) is 15.9. The Morgan fingerprint density at radius 3 is 1.85 bits per heavy atom. The molecular formula is C65H83NO15. The average molecular weight is 1120 g/mol. The van der Waals surface area contributed by atoms with E-state index < -0.39 is 118 Å². The van der Waals surface area contributed by atoms with Gasteiger partial charge in [0.25, 0.3) is 0 Å². The van der Waals surface area contributed by atoms with Crippen molar-refractivity contribution in [3.8, 4) is 0 Å². The number of amides is 1. The second-order valence-electron chi connectivity index (χ2n) is 23.0. The number of hydrogen-bond acceptors (Lipinski definition) is 15. The van der Waals surface area contributed by atoms with Crippen molar-refractivity contribution in [2.24, 2.45) is 16.7 Å². The summed E-state index contributed by atoms with van der Waals surface area (Å²) < 4.78 is 36.5. The molecule has 2 aromatic carbocycles. The van der Waals surface area contributed by atoms with Crippen LogP contribution in [0.25, 0.3) is 0 Å². The number of fused-ring (bicyclic) bond motifs is 5. The SMILES string of the molecule is CC/C=C\C/C=C\C/C=C\C/C=C\C/C=C\C/C=C\CCC(=O)O[C@@H](C(=O)OC1C[C@@]2(O)[C@@H](OC(=O)c3ccccc3)[C@@H]3[C@]4(OC(C)=O)CO[C@@H]4C[C@H](O)[C@@]3(C)C(=O)[C@H](O)C(=C1C)C2(C)C)C(NC(=O)OC(C)(C)C)c1ccccc1. The first-order valence-corrected chi connectivity index (χ1v) is 28.2. The van der Waals surface area contributed by atoms with Crippen LogP contribution in [0.15, 0.2) is 145 Å². The van der Waals surface area contributed by atoms with Gasteiger partial charge in [-0.15, -0.1) is 0 Å². The standard InChI is InChI=1S/C65H83NO15/c1-10-11-12-13-14-15-16-17-18-19-20-21-22-23-24-25-26-27-34-39-50(69)78-54(52(45-35-30-28-31-36-45)66-60(74)81-61(4,5)6)59(73)77-47-41-65(75)57(79-58(72)46-37-32-29-33-38-46)55-63(9,56(71)53(70)51(43(47)2)62(65,7)8)48(68)40-49-64(55,42-76-49)80-44(3)67/h11-12,14-15,17-18,20-21,23-24,26-33,35-38,47-49,52-55,57,68,70,75H,10,13,16,19,22,25,34,39-42H2,1-9H3,(H,66,74)/b12-11-,15-14-,18-17-,21-20-,24-23-,27-26-/t47?,48-,49+,52?,53+,54+,55-,57-,63+,64-,65+/m0/s1. The highest BCUT2D eigenvalue weighted by atomic mass is 16.6. The summed E-state index contributed by atoms with van der Waals surface area (Å²) in [6.07, 6.45) is 18.4. The number of ketones is 1. The Morgan fingerprint density at radius 2 is 1.33 bits per heavy atom. The number of nitrogens with one attached hydrogen (secondary N) is 1. The third-order valence-electron chi connectivity index (χ3n) is 15.9. The van der Waals surface area contributed by atoms with E-state index >= 15 is 9.59 Å². The van der Waals surface area contributed by atoms with Crippen molar-refractivity contribution in [2.75, 3.05) is 6.61 Å². The Hall–Kier alpha value is -6.72. The molecule has 4 aliphatic rings. The van der Waals surface area contributed by atoms with Crippen LogP contribution in [0.4, 0.5) is 4.79 Å². The van der Waals surface area contributed by atoms with Crippen molar-refractivity contribution in [1.82, 2.24) is 5.32 Å². The maximum atomic E-state index is 15.3. The maximum Gasteiger partial charge on any atom is 0.408 e. The second-order valence-corrected chi connectivity index (χ2v) is 23.0. The third kappa shape index (κ3) is 14.9. The Labute approximate surface area is 477 Å². The molecule has 11 atom stereocenters. The van der Waals surface area contributed by atoms with E-state index in [0.717, 1.165) is 39.0 Å². The van der Waals surface area contributed by atoms with E-state index in [0.29, 0.717) is 12.0 Å². The van der Waals surface area contributed by atoms with Crippen LogP contribution in [0.1, 0.15) is 148 Å². The molecule has 16 heteroatoms. The van der Waals surface area contributed by atoms with E-state index in [1.54, 1.807) is 83.1 Å². The quantitative estimate of drug-likeness (QED) is 0.0461. The number of rotatable bonds is 23. The largest absolute Gasteiger partial charge is 0.455 e. The molecule has 1 amide bonds. The molecule has 0 radical (unpaired) electrons. The molecule has 2 bridgehead atoms. The van der Waals surface area contributed by atoms with E-state index in [9.17, 15) is 34.5 Å². The summed E-state index contributed by atoms with van der Waals surface area (Å²) in [6.45, 7) is 14.0. The lowest BCUT2D eigenvalue weighted by atomic mass is 9.44. The Balaban J connectivity index is 1.30. The molecule has 1 heterocycles. The van der Waals surface area contributed by atoms with Gasteiger partial charge < -0.3 is 49.1 Å². The molecule has 1 saturated heterocycles. The van der Waals surface area contributed by atoms with Crippen LogP contribution < -0.4 is 5.32 Å². The molecule has 0 aromatic heterocycles. The van der Waals surface area contributed by atoms with Gasteiger partial charge in [0.2, 0.25) is 6.10 Å². The van der Waals surface area contributed by atoms with Gasteiger partial charge in [0, 0.05) is 31.6 Å². The fourth-order valence-corrected chi connectivity index (χ4v) is 11.7. The molecule has 1 aliphatic heterocycles. The molecule has 2 aromatic rings. The zero-order valence-corrected chi connectivity index (χ0v) is 48.3. The highest BCUT2D eigenvalue weighted by Gasteiger charge is 2.78. The molecule has 16 nitrogen and oxygen atoms in total. The van der Waals surface area contributed by atoms with Crippen LogP contribution in [-0.2, 0) is 47.6 Å². The number of allylic oxidation sites excluding steroid dienone is 12. The minimum absolute atomic E-state index is 0.0639. The van der Waals surface area contributed by atoms with Crippen LogP contribution in [0.3, 0.4) is 0 Å². The number of alkyl carbamates (subject to hydrolysis) is 1. The number of carbonyl (C=O) groups is 6. The van der Waals surface area contributed by atoms with Gasteiger partial charge in [-0.05, 0) is 108 Å². The lowest BCUT2D eigenvalue weighted by Crippen LogP contribution is -2.81. The topological polar surface area (TPSA) is 231 Å². The van der Waals surface area contributed by atoms with Gasteiger partial charge in [0.1, 0.15) is 41.7 Å². The molecule has 4 N–H and O–H groups in total. The summed E-state index contributed by atoms with van der Waals surface area (Å²) in [4.78, 5) is 85.6. The number of Topliss-reactive ketones (excluding diaryl/α,β-unsaturated/α-hetero) is 1. The van der Waals surface area contributed by atoms with Crippen molar-refractivity contribution in [2.45, 2.75) is 186 Å². The van der Waals surface area contributed by atoms with Crippen LogP contribution in [0, 0.1) is 16.7 Å². The van der Waals surface area contributed by atoms with E-state index in [2.05, 4.69) is 66.9 Å². The van der Waals surface area contributed by atoms with Gasteiger partial charge in [-0.1, -0.05) is 142 Å². The first kappa shape index (κ1) is 63.5. The molecule has 2 saturated carbocycles. The fraction of sp³-hybridized carbons (Fsp3) is 0.508. The first-order chi connectivity index (χ1) is 38.4. The predicted octanol–water partition coefficient (Wildman–Crippen LogP) is 10.3. The minimum atomic E-state index is -2.42. The van der Waals surface area contributed by atoms with Crippen molar-refractivity contribution in [3.05, 3.63) is 156 Å². The van der Waals surface area contributed by atoms with Gasteiger partial charge >= 0.3 is 30.0 Å². The first-order valence-electron chi connectivity index (χ1n) is 28.2. The number of carbonyl (C=O) groups excluding carboxylic acids is 6. The monoisotopic (exact) mass is 1120 g/mol. The van der Waals surface area contributed by atoms with Gasteiger partial charge in [-0.3, -0.25) is 14.4 Å². The van der Waals surface area contributed by atoms with Crippen molar-refractivity contribution in [3.63, 3.8) is 0 Å². The molecule has 3 aliphatic carbocycles. The summed E-state index contributed by atoms with van der Waals surface area (Å²) in [7, 11) is 0. The second kappa shape index (κ2) is 27.8. The fourth-order valence-electron chi connectivity index (χ4n) is 11.7. The van der Waals surface area contributed by atoms with Gasteiger partial charge in [-0.2, -0.15) is 0 Å². The minimum Gasteiger partial charge on any atom is -0.455 e. The number of aliphatic hydroxyl groups excluding tert-OH is 2. The smallest absolute Gasteiger partial charge is 0.408 e. The zero-order chi connectivity index (χ0) is 59.2. The molecule has 3 fully saturated rings. The van der Waals surface area contributed by atoms with Gasteiger partial charge in [0.15, 0.2) is 11.4 Å². The molecule has 6 rings (SSSR count). The van der Waals surface area contributed by atoms with E-state index in [4.69, 9.17) is 28.4 Å². The summed E-state index contributed by atoms with van der Waals surface area (Å²) in [5.41, 5.74) is -8.49. The normalized spacial score (nSPS) is 28.0. The van der Waals surface area contributed by atoms with Gasteiger partial charge in [0.05, 0.1) is 29.6 Å². The Kier molecular flexibility index (Phi) is 21.8. The van der Waals surface area contributed by atoms with Crippen molar-refractivity contribution < 1.29 is 72.5 Å². The van der Waals surface area contributed by atoms with Crippen molar-refractivity contribution in [1.29, 1.82) is 0 Å². The lowest BCUT2D eigenvalue weighted by Gasteiger charge is -2.67. The number of benzene rings is 2. The number of aliphatic hydroxyl groups is 3. The summed E-state index contributed by atoms with van der Waals surface area (Å²) >= 11 is 0. The van der Waals surface area contributed by atoms with Crippen LogP contribution in [-0.4, -0.2) is 111 Å². The highest BCUT2D eigenvalue weighted by Crippen LogP contribution is 2.64. The lowest BCUT2D eigenvalue weighted by molar-refractivity contribution is -0.346. The van der Waals surface area contributed by atoms with Crippen molar-refractivity contribution >= 4 is 35.8 Å². The van der Waals surface area contributed by atoms with Crippen LogP contribution in [0.2, 0.25) is 0 Å². The maximum absolute atomic E-state index is 15.3. The molecule has 2 unspecified atom stereocenters. The zero-order valence-electron chi connectivity index (χ0n) is 48.3. The van der Waals surface area contributed by atoms with E-state index in [1.807, 2.05) is 18.2 Å². The molecule has 81 heavy (non-hydrogen) atoms. The van der Waals surface area contributed by atoms with E-state index in [-0.39, 0.29) is 42.6 Å². The summed E-state index contributed by atoms with van der Waals surface area (Å²) in [5, 5.41) is 41.1. The average Bonchev–Trinajstić information content (AvgIpc) is 1.14. The van der Waals surface area contributed by atoms with Gasteiger partial charge in [-0.25, -0.2) is 14.4 Å². The van der Waals surface area contributed by atoms with E-state index in [1.165, 1.54) is 26.0 Å². The predicted molar refractivity (Wildman–Crippen MR) is 305 cm³/mol. The summed E-state index contributed by atoms with van der Waals surface area (Å²) in [5.74, 6) is -6.23. The molecular weight excluding hydrogens is 1030 g/mol. The highest BCUT2D eigenvalue weighted by molar-refractivity contribution is 5.94. The van der Waals surface area contributed by atoms with Crippen LogP contribution in [0.5, 0.6) is 0 Å². The summed E-state index contributed by atoms with van der Waals surface area (Å²) in [6, 6.07) is 14.7. The number of esters is 4. The number of hydrogen-bond donors (Lipinski definition) is 4. The molecule has 438 valence electrons. The number of ether oxygens (including phenoxy) is 6. The molecule has 0 spiro atoms.